The molecular weight excluding hydrogens is 392 g/mol. The molecule has 0 bridgehead atoms. The molecule has 0 aliphatic heterocycles. The molecule has 0 unspecified atom stereocenters. The van der Waals surface area contributed by atoms with Gasteiger partial charge in [0.2, 0.25) is 5.91 Å². The van der Waals surface area contributed by atoms with Crippen LogP contribution in [0.5, 0.6) is 0 Å². The summed E-state index contributed by atoms with van der Waals surface area (Å²) in [6, 6.07) is 18.8. The molecule has 0 radical (unpaired) electrons. The van der Waals surface area contributed by atoms with Crippen LogP contribution in [0, 0.1) is 0 Å². The molecule has 0 fully saturated rings. The van der Waals surface area contributed by atoms with Crippen molar-refractivity contribution in [3.8, 4) is 11.4 Å². The van der Waals surface area contributed by atoms with Crippen molar-refractivity contribution in [1.29, 1.82) is 0 Å². The number of hydrogen-bond donors (Lipinski definition) is 1. The fraction of sp³-hybridized carbons (Fsp3) is 0.375. The molecule has 5 nitrogen and oxygen atoms in total. The van der Waals surface area contributed by atoms with Gasteiger partial charge in [0.25, 0.3) is 0 Å². The lowest BCUT2D eigenvalue weighted by Gasteiger charge is -2.19. The van der Waals surface area contributed by atoms with Crippen LogP contribution in [0.3, 0.4) is 0 Å². The summed E-state index contributed by atoms with van der Waals surface area (Å²) in [6.07, 6.45) is 0. The van der Waals surface area contributed by atoms with Gasteiger partial charge in [-0.3, -0.25) is 9.36 Å². The Morgan fingerprint density at radius 2 is 1.73 bits per heavy atom. The summed E-state index contributed by atoms with van der Waals surface area (Å²) in [5.41, 5.74) is 3.56. The van der Waals surface area contributed by atoms with E-state index >= 15 is 0 Å². The molecule has 1 atom stereocenters. The zero-order valence-corrected chi connectivity index (χ0v) is 19.2. The second kappa shape index (κ2) is 9.47. The summed E-state index contributed by atoms with van der Waals surface area (Å²) in [4.78, 5) is 12.2. The van der Waals surface area contributed by atoms with Gasteiger partial charge in [-0.2, -0.15) is 0 Å². The smallest absolute Gasteiger partial charge is 0.233 e. The van der Waals surface area contributed by atoms with Crippen molar-refractivity contribution < 1.29 is 4.79 Å². The van der Waals surface area contributed by atoms with Crippen LogP contribution in [0.15, 0.2) is 59.8 Å². The lowest BCUT2D eigenvalue weighted by molar-refractivity contribution is -0.120. The van der Waals surface area contributed by atoms with Crippen LogP contribution in [-0.4, -0.2) is 32.5 Å². The maximum atomic E-state index is 12.2. The Morgan fingerprint density at radius 1 is 1.07 bits per heavy atom. The van der Waals surface area contributed by atoms with Gasteiger partial charge in [-0.25, -0.2) is 0 Å². The van der Waals surface area contributed by atoms with Gasteiger partial charge in [0.05, 0.1) is 11.8 Å². The van der Waals surface area contributed by atoms with Crippen molar-refractivity contribution in [3.05, 3.63) is 65.7 Å². The zero-order chi connectivity index (χ0) is 21.7. The molecule has 30 heavy (non-hydrogen) atoms. The van der Waals surface area contributed by atoms with Gasteiger partial charge in [0, 0.05) is 12.1 Å². The number of aromatic nitrogens is 3. The Hall–Kier alpha value is -2.60. The monoisotopic (exact) mass is 422 g/mol. The normalized spacial score (nSPS) is 12.6. The standard InChI is InChI=1S/C24H30N4OS/c1-6-25-22(29)17(2)30-23-27-26-21(28(23)16-18-10-8-7-9-11-18)19-12-14-20(15-13-19)24(3,4)5/h7-15,17H,6,16H2,1-5H3,(H,25,29)/t17-/m1/s1. The fourth-order valence-electron chi connectivity index (χ4n) is 3.15. The Kier molecular flexibility index (Phi) is 6.98. The van der Waals surface area contributed by atoms with Crippen molar-refractivity contribution in [1.82, 2.24) is 20.1 Å². The topological polar surface area (TPSA) is 59.8 Å². The van der Waals surface area contributed by atoms with E-state index < -0.39 is 0 Å². The highest BCUT2D eigenvalue weighted by molar-refractivity contribution is 8.00. The maximum absolute atomic E-state index is 12.2. The molecule has 6 heteroatoms. The van der Waals surface area contributed by atoms with Crippen LogP contribution >= 0.6 is 11.8 Å². The molecule has 0 saturated carbocycles. The molecule has 3 rings (SSSR count). The Labute approximate surface area is 183 Å². The lowest BCUT2D eigenvalue weighted by atomic mass is 9.87. The fourth-order valence-corrected chi connectivity index (χ4v) is 4.02. The van der Waals surface area contributed by atoms with Gasteiger partial charge in [-0.15, -0.1) is 10.2 Å². The molecule has 1 N–H and O–H groups in total. The van der Waals surface area contributed by atoms with E-state index in [4.69, 9.17) is 0 Å². The number of nitrogens with zero attached hydrogens (tertiary/aromatic N) is 3. The maximum Gasteiger partial charge on any atom is 0.233 e. The lowest BCUT2D eigenvalue weighted by Crippen LogP contribution is -2.30. The molecule has 2 aromatic carbocycles. The number of carbonyl (C=O) groups is 1. The molecule has 0 saturated heterocycles. The van der Waals surface area contributed by atoms with Crippen molar-refractivity contribution in [3.63, 3.8) is 0 Å². The van der Waals surface area contributed by atoms with Gasteiger partial charge in [0.15, 0.2) is 11.0 Å². The predicted molar refractivity (Wildman–Crippen MR) is 124 cm³/mol. The number of thioether (sulfide) groups is 1. The molecule has 1 aromatic heterocycles. The summed E-state index contributed by atoms with van der Waals surface area (Å²) >= 11 is 1.44. The Bertz CT molecular complexity index is 975. The third-order valence-electron chi connectivity index (χ3n) is 4.91. The quantitative estimate of drug-likeness (QED) is 0.550. The highest BCUT2D eigenvalue weighted by Crippen LogP contribution is 2.30. The van der Waals surface area contributed by atoms with Crippen LogP contribution in [0.25, 0.3) is 11.4 Å². The molecule has 1 amide bonds. The first-order chi connectivity index (χ1) is 14.3. The summed E-state index contributed by atoms with van der Waals surface area (Å²) < 4.78 is 2.10. The van der Waals surface area contributed by atoms with Gasteiger partial charge in [-0.1, -0.05) is 87.1 Å². The van der Waals surface area contributed by atoms with E-state index in [1.807, 2.05) is 32.0 Å². The molecular formula is C24H30N4OS. The zero-order valence-electron chi connectivity index (χ0n) is 18.3. The van der Waals surface area contributed by atoms with E-state index in [1.54, 1.807) is 0 Å². The number of amides is 1. The summed E-state index contributed by atoms with van der Waals surface area (Å²) in [5.74, 6) is 0.817. The van der Waals surface area contributed by atoms with Crippen LogP contribution in [0.1, 0.15) is 45.7 Å². The van der Waals surface area contributed by atoms with Crippen LogP contribution in [0.4, 0.5) is 0 Å². The number of rotatable bonds is 7. The van der Waals surface area contributed by atoms with E-state index in [0.29, 0.717) is 13.1 Å². The third-order valence-corrected chi connectivity index (χ3v) is 5.99. The van der Waals surface area contributed by atoms with Gasteiger partial charge < -0.3 is 5.32 Å². The SMILES string of the molecule is CCNC(=O)[C@@H](C)Sc1nnc(-c2ccc(C(C)(C)C)cc2)n1Cc1ccccc1. The van der Waals surface area contributed by atoms with E-state index in [0.717, 1.165) is 22.1 Å². The average Bonchev–Trinajstić information content (AvgIpc) is 3.10. The predicted octanol–water partition coefficient (Wildman–Crippen LogP) is 4.91. The minimum Gasteiger partial charge on any atom is -0.355 e. The number of hydrogen-bond acceptors (Lipinski definition) is 4. The Balaban J connectivity index is 1.96. The first-order valence-electron chi connectivity index (χ1n) is 10.3. The number of nitrogens with one attached hydrogen (secondary N) is 1. The van der Waals surface area contributed by atoms with Crippen LogP contribution < -0.4 is 5.32 Å². The second-order valence-corrected chi connectivity index (χ2v) is 9.67. The van der Waals surface area contributed by atoms with E-state index in [2.05, 4.69) is 77.3 Å². The highest BCUT2D eigenvalue weighted by atomic mass is 32.2. The van der Waals surface area contributed by atoms with Crippen molar-refractivity contribution in [2.24, 2.45) is 0 Å². The summed E-state index contributed by atoms with van der Waals surface area (Å²) in [6.45, 7) is 11.7. The molecule has 0 spiro atoms. The van der Waals surface area contributed by atoms with Crippen LogP contribution in [0.2, 0.25) is 0 Å². The third kappa shape index (κ3) is 5.30. The van der Waals surface area contributed by atoms with Gasteiger partial charge in [0.1, 0.15) is 0 Å². The minimum atomic E-state index is -0.250. The van der Waals surface area contributed by atoms with E-state index in [1.165, 1.54) is 17.3 Å². The minimum absolute atomic E-state index is 0.00726. The summed E-state index contributed by atoms with van der Waals surface area (Å²) in [7, 11) is 0. The average molecular weight is 423 g/mol. The van der Waals surface area contributed by atoms with Crippen molar-refractivity contribution >= 4 is 17.7 Å². The van der Waals surface area contributed by atoms with Crippen molar-refractivity contribution in [2.75, 3.05) is 6.54 Å². The Morgan fingerprint density at radius 3 is 2.33 bits per heavy atom. The highest BCUT2D eigenvalue weighted by Gasteiger charge is 2.21. The summed E-state index contributed by atoms with van der Waals surface area (Å²) in [5, 5.41) is 12.3. The van der Waals surface area contributed by atoms with Gasteiger partial charge >= 0.3 is 0 Å². The first kappa shape index (κ1) is 22.1. The molecule has 158 valence electrons. The number of benzene rings is 2. The molecule has 0 aliphatic carbocycles. The van der Waals surface area contributed by atoms with E-state index in [-0.39, 0.29) is 16.6 Å². The molecule has 3 aromatic rings. The number of carbonyl (C=O) groups excluding carboxylic acids is 1. The van der Waals surface area contributed by atoms with Crippen LogP contribution in [-0.2, 0) is 16.8 Å². The first-order valence-corrected chi connectivity index (χ1v) is 11.2. The molecule has 0 aliphatic rings. The van der Waals surface area contributed by atoms with Gasteiger partial charge in [-0.05, 0) is 30.4 Å². The largest absolute Gasteiger partial charge is 0.355 e. The molecule has 1 heterocycles. The van der Waals surface area contributed by atoms with Crippen molar-refractivity contribution in [2.45, 2.75) is 57.0 Å². The second-order valence-electron chi connectivity index (χ2n) is 8.36. The van der Waals surface area contributed by atoms with E-state index in [9.17, 15) is 4.79 Å².